The van der Waals surface area contributed by atoms with Gasteiger partial charge in [0, 0.05) is 39.2 Å². The summed E-state index contributed by atoms with van der Waals surface area (Å²) in [5, 5.41) is 0.913. The normalized spacial score (nSPS) is 16.9. The van der Waals surface area contributed by atoms with Crippen LogP contribution in [0.25, 0.3) is 10.9 Å². The van der Waals surface area contributed by atoms with Gasteiger partial charge in [0.05, 0.1) is 16.7 Å². The maximum absolute atomic E-state index is 13.2. The SMILES string of the molecule is CCOC1(C)CCN(C(=O)c2cc(N(C)C)nc3ccccc23)CC1. The van der Waals surface area contributed by atoms with Gasteiger partial charge >= 0.3 is 0 Å². The third-order valence-electron chi connectivity index (χ3n) is 4.99. The van der Waals surface area contributed by atoms with Crippen molar-refractivity contribution in [1.29, 1.82) is 0 Å². The zero-order valence-electron chi connectivity index (χ0n) is 15.6. The predicted octanol–water partition coefficient (Wildman–Crippen LogP) is 3.33. The van der Waals surface area contributed by atoms with Crippen LogP contribution in [0.15, 0.2) is 30.3 Å². The number of pyridine rings is 1. The number of rotatable bonds is 4. The van der Waals surface area contributed by atoms with E-state index in [1.165, 1.54) is 0 Å². The number of likely N-dealkylation sites (tertiary alicyclic amines) is 1. The second-order valence-corrected chi connectivity index (χ2v) is 7.11. The molecule has 0 atom stereocenters. The molecule has 0 aliphatic carbocycles. The number of anilines is 1. The van der Waals surface area contributed by atoms with Crippen LogP contribution in [0, 0.1) is 0 Å². The molecule has 0 saturated carbocycles. The van der Waals surface area contributed by atoms with E-state index in [9.17, 15) is 4.79 Å². The molecule has 1 saturated heterocycles. The van der Waals surface area contributed by atoms with Gasteiger partial charge in [0.2, 0.25) is 0 Å². The number of carbonyl (C=O) groups is 1. The molecule has 0 N–H and O–H groups in total. The van der Waals surface area contributed by atoms with E-state index in [0.717, 1.165) is 48.2 Å². The molecule has 1 aliphatic heterocycles. The Morgan fingerprint density at radius 2 is 1.96 bits per heavy atom. The number of ether oxygens (including phenoxy) is 1. The molecule has 0 unspecified atom stereocenters. The molecule has 1 aromatic carbocycles. The van der Waals surface area contributed by atoms with Gasteiger partial charge in [-0.25, -0.2) is 4.98 Å². The Labute approximate surface area is 149 Å². The van der Waals surface area contributed by atoms with Gasteiger partial charge in [-0.1, -0.05) is 18.2 Å². The van der Waals surface area contributed by atoms with E-state index in [1.54, 1.807) is 0 Å². The summed E-state index contributed by atoms with van der Waals surface area (Å²) in [5.41, 5.74) is 1.48. The first kappa shape index (κ1) is 17.7. The van der Waals surface area contributed by atoms with Crippen molar-refractivity contribution < 1.29 is 9.53 Å². The highest BCUT2D eigenvalue weighted by Gasteiger charge is 2.33. The van der Waals surface area contributed by atoms with Crippen LogP contribution < -0.4 is 4.90 Å². The zero-order valence-corrected chi connectivity index (χ0v) is 15.6. The fourth-order valence-corrected chi connectivity index (χ4v) is 3.41. The summed E-state index contributed by atoms with van der Waals surface area (Å²) < 4.78 is 5.87. The molecule has 0 bridgehead atoms. The summed E-state index contributed by atoms with van der Waals surface area (Å²) in [7, 11) is 3.89. The lowest BCUT2D eigenvalue weighted by Gasteiger charge is -2.39. The third-order valence-corrected chi connectivity index (χ3v) is 4.99. The molecule has 25 heavy (non-hydrogen) atoms. The van der Waals surface area contributed by atoms with Crippen LogP contribution in [0.4, 0.5) is 5.82 Å². The van der Waals surface area contributed by atoms with Crippen LogP contribution in [0.2, 0.25) is 0 Å². The average molecular weight is 341 g/mol. The molecular formula is C20H27N3O2. The van der Waals surface area contributed by atoms with Crippen molar-refractivity contribution in [1.82, 2.24) is 9.88 Å². The first-order valence-electron chi connectivity index (χ1n) is 8.94. The Balaban J connectivity index is 1.90. The minimum absolute atomic E-state index is 0.0836. The smallest absolute Gasteiger partial charge is 0.254 e. The molecule has 5 heteroatoms. The van der Waals surface area contributed by atoms with Crippen molar-refractivity contribution in [3.63, 3.8) is 0 Å². The van der Waals surface area contributed by atoms with Crippen molar-refractivity contribution in [3.8, 4) is 0 Å². The Morgan fingerprint density at radius 1 is 1.28 bits per heavy atom. The largest absolute Gasteiger partial charge is 0.375 e. The van der Waals surface area contributed by atoms with Crippen LogP contribution in [0.5, 0.6) is 0 Å². The molecule has 134 valence electrons. The minimum atomic E-state index is -0.110. The molecule has 2 aromatic rings. The number of aromatic nitrogens is 1. The van der Waals surface area contributed by atoms with Gasteiger partial charge in [-0.2, -0.15) is 0 Å². The van der Waals surface area contributed by atoms with Gasteiger partial charge in [0.25, 0.3) is 5.91 Å². The van der Waals surface area contributed by atoms with Crippen molar-refractivity contribution in [3.05, 3.63) is 35.9 Å². The highest BCUT2D eigenvalue weighted by atomic mass is 16.5. The molecule has 2 heterocycles. The molecule has 1 aliphatic rings. The first-order chi connectivity index (χ1) is 11.9. The Hall–Kier alpha value is -2.14. The lowest BCUT2D eigenvalue weighted by molar-refractivity contribution is -0.0611. The highest BCUT2D eigenvalue weighted by Crippen LogP contribution is 2.29. The van der Waals surface area contributed by atoms with Crippen LogP contribution in [0.3, 0.4) is 0 Å². The van der Waals surface area contributed by atoms with Crippen molar-refractivity contribution in [2.24, 2.45) is 0 Å². The van der Waals surface area contributed by atoms with Crippen molar-refractivity contribution in [2.45, 2.75) is 32.3 Å². The van der Waals surface area contributed by atoms with E-state index in [-0.39, 0.29) is 11.5 Å². The number of amides is 1. The molecule has 0 radical (unpaired) electrons. The van der Waals surface area contributed by atoms with Crippen molar-refractivity contribution >= 4 is 22.6 Å². The zero-order chi connectivity index (χ0) is 18.0. The molecule has 1 aromatic heterocycles. The molecular weight excluding hydrogens is 314 g/mol. The molecule has 1 fully saturated rings. The Kier molecular flexibility index (Phi) is 4.95. The topological polar surface area (TPSA) is 45.7 Å². The van der Waals surface area contributed by atoms with Gasteiger partial charge in [0.1, 0.15) is 5.82 Å². The molecule has 5 nitrogen and oxygen atoms in total. The van der Waals surface area contributed by atoms with Crippen LogP contribution in [-0.2, 0) is 4.74 Å². The number of hydrogen-bond acceptors (Lipinski definition) is 4. The van der Waals surface area contributed by atoms with Gasteiger partial charge in [-0.3, -0.25) is 4.79 Å². The van der Waals surface area contributed by atoms with Crippen LogP contribution >= 0.6 is 0 Å². The number of piperidine rings is 1. The first-order valence-corrected chi connectivity index (χ1v) is 8.94. The van der Waals surface area contributed by atoms with Gasteiger partial charge < -0.3 is 14.5 Å². The monoisotopic (exact) mass is 341 g/mol. The fraction of sp³-hybridized carbons (Fsp3) is 0.500. The van der Waals surface area contributed by atoms with E-state index < -0.39 is 0 Å². The van der Waals surface area contributed by atoms with E-state index in [2.05, 4.69) is 11.9 Å². The highest BCUT2D eigenvalue weighted by molar-refractivity contribution is 6.07. The minimum Gasteiger partial charge on any atom is -0.375 e. The summed E-state index contributed by atoms with van der Waals surface area (Å²) in [5.74, 6) is 0.887. The Bertz CT molecular complexity index is 765. The van der Waals surface area contributed by atoms with E-state index in [4.69, 9.17) is 4.74 Å². The lowest BCUT2D eigenvalue weighted by Crippen LogP contribution is -2.46. The fourth-order valence-electron chi connectivity index (χ4n) is 3.41. The number of hydrogen-bond donors (Lipinski definition) is 0. The third kappa shape index (κ3) is 3.61. The summed E-state index contributed by atoms with van der Waals surface area (Å²) in [6.07, 6.45) is 1.74. The average Bonchev–Trinajstić information content (AvgIpc) is 2.61. The van der Waals surface area contributed by atoms with Crippen LogP contribution in [-0.4, -0.2) is 55.2 Å². The van der Waals surface area contributed by atoms with Crippen LogP contribution in [0.1, 0.15) is 37.0 Å². The van der Waals surface area contributed by atoms with Gasteiger partial charge in [0.15, 0.2) is 0 Å². The predicted molar refractivity (Wildman–Crippen MR) is 101 cm³/mol. The number of carbonyl (C=O) groups excluding carboxylic acids is 1. The van der Waals surface area contributed by atoms with Crippen molar-refractivity contribution in [2.75, 3.05) is 38.7 Å². The maximum atomic E-state index is 13.2. The Morgan fingerprint density at radius 3 is 2.60 bits per heavy atom. The van der Waals surface area contributed by atoms with E-state index >= 15 is 0 Å². The molecule has 1 amide bonds. The quantitative estimate of drug-likeness (QED) is 0.856. The van der Waals surface area contributed by atoms with E-state index in [1.807, 2.05) is 61.2 Å². The maximum Gasteiger partial charge on any atom is 0.254 e. The lowest BCUT2D eigenvalue weighted by atomic mass is 9.92. The summed E-state index contributed by atoms with van der Waals surface area (Å²) in [6.45, 7) is 6.33. The van der Waals surface area contributed by atoms with Gasteiger partial charge in [-0.15, -0.1) is 0 Å². The number of nitrogens with zero attached hydrogens (tertiary/aromatic N) is 3. The summed E-state index contributed by atoms with van der Waals surface area (Å²) in [4.78, 5) is 21.7. The van der Waals surface area contributed by atoms with Gasteiger partial charge in [-0.05, 0) is 38.8 Å². The molecule has 0 spiro atoms. The second kappa shape index (κ2) is 7.00. The number of para-hydroxylation sites is 1. The summed E-state index contributed by atoms with van der Waals surface area (Å²) >= 11 is 0. The number of fused-ring (bicyclic) bond motifs is 1. The second-order valence-electron chi connectivity index (χ2n) is 7.11. The van der Waals surface area contributed by atoms with E-state index in [0.29, 0.717) is 6.61 Å². The summed E-state index contributed by atoms with van der Waals surface area (Å²) in [6, 6.07) is 9.75. The number of benzene rings is 1. The standard InChI is InChI=1S/C20H27N3O2/c1-5-25-20(2)10-12-23(13-11-20)19(24)16-14-18(22(3)4)21-17-9-7-6-8-15(16)17/h6-9,14H,5,10-13H2,1-4H3. The molecule has 3 rings (SSSR count).